The van der Waals surface area contributed by atoms with Crippen LogP contribution in [0, 0.1) is 23.6 Å². The largest absolute Gasteiger partial charge is 0.353 e. The lowest BCUT2D eigenvalue weighted by Crippen LogP contribution is -2.67. The van der Waals surface area contributed by atoms with Crippen molar-refractivity contribution in [1.29, 1.82) is 0 Å². The van der Waals surface area contributed by atoms with Gasteiger partial charge in [-0.1, -0.05) is 51.3 Å². The number of nitrogens with one attached hydrogen (secondary N) is 2. The first kappa shape index (κ1) is 25.0. The van der Waals surface area contributed by atoms with Crippen molar-refractivity contribution < 1.29 is 18.8 Å². The SMILES string of the molecule is CC(C)CN1C(=O)C2CCC(C(=O)NC3CCCCC3)CC2N2C(=O)N(Cc3ccccc3F)NC12. The summed E-state index contributed by atoms with van der Waals surface area (Å²) in [6.45, 7) is 4.67. The summed E-state index contributed by atoms with van der Waals surface area (Å²) in [5.41, 5.74) is 3.60. The van der Waals surface area contributed by atoms with E-state index in [0.29, 0.717) is 31.4 Å². The zero-order valence-corrected chi connectivity index (χ0v) is 21.3. The van der Waals surface area contributed by atoms with Gasteiger partial charge in [-0.05, 0) is 44.1 Å². The Kier molecular flexibility index (Phi) is 7.19. The molecule has 9 heteroatoms. The Hall–Kier alpha value is -2.68. The lowest BCUT2D eigenvalue weighted by molar-refractivity contribution is -0.159. The van der Waals surface area contributed by atoms with Gasteiger partial charge in [-0.2, -0.15) is 5.43 Å². The van der Waals surface area contributed by atoms with E-state index in [4.69, 9.17) is 0 Å². The van der Waals surface area contributed by atoms with Crippen LogP contribution in [0.5, 0.6) is 0 Å². The second-order valence-electron chi connectivity index (χ2n) is 11.3. The second-order valence-corrected chi connectivity index (χ2v) is 11.3. The predicted molar refractivity (Wildman–Crippen MR) is 132 cm³/mol. The van der Waals surface area contributed by atoms with Crippen LogP contribution in [0.4, 0.5) is 9.18 Å². The highest BCUT2D eigenvalue weighted by Crippen LogP contribution is 2.41. The normalized spacial score (nSPS) is 28.9. The maximum Gasteiger partial charge on any atom is 0.337 e. The van der Waals surface area contributed by atoms with Crippen molar-refractivity contribution in [3.8, 4) is 0 Å². The molecule has 1 aromatic carbocycles. The number of halogens is 1. The number of hydrazine groups is 1. The lowest BCUT2D eigenvalue weighted by atomic mass is 9.75. The molecule has 8 nitrogen and oxygen atoms in total. The molecule has 4 unspecified atom stereocenters. The van der Waals surface area contributed by atoms with Crippen LogP contribution in [0.3, 0.4) is 0 Å². The Morgan fingerprint density at radius 3 is 2.58 bits per heavy atom. The Labute approximate surface area is 212 Å². The number of amides is 4. The third-order valence-electron chi connectivity index (χ3n) is 8.23. The number of fused-ring (bicyclic) bond motifs is 3. The van der Waals surface area contributed by atoms with Gasteiger partial charge in [0.15, 0.2) is 6.29 Å². The summed E-state index contributed by atoms with van der Waals surface area (Å²) in [6, 6.07) is 6.01. The minimum Gasteiger partial charge on any atom is -0.353 e. The van der Waals surface area contributed by atoms with Crippen LogP contribution in [0.15, 0.2) is 24.3 Å². The Balaban J connectivity index is 1.36. The summed E-state index contributed by atoms with van der Waals surface area (Å²) in [7, 11) is 0. The molecule has 2 aliphatic carbocycles. The number of hydrogen-bond acceptors (Lipinski definition) is 4. The zero-order chi connectivity index (χ0) is 25.4. The van der Waals surface area contributed by atoms with E-state index < -0.39 is 6.29 Å². The van der Waals surface area contributed by atoms with Gasteiger partial charge < -0.3 is 10.2 Å². The summed E-state index contributed by atoms with van der Waals surface area (Å²) in [5.74, 6) is -0.597. The molecule has 2 aliphatic heterocycles. The van der Waals surface area contributed by atoms with E-state index in [-0.39, 0.29) is 60.0 Å². The molecule has 36 heavy (non-hydrogen) atoms. The second kappa shape index (κ2) is 10.4. The third kappa shape index (κ3) is 4.82. The Bertz CT molecular complexity index is 997. The highest BCUT2D eigenvalue weighted by atomic mass is 19.1. The van der Waals surface area contributed by atoms with Gasteiger partial charge in [0.25, 0.3) is 0 Å². The third-order valence-corrected chi connectivity index (χ3v) is 8.23. The Morgan fingerprint density at radius 1 is 1.11 bits per heavy atom. The van der Waals surface area contributed by atoms with Gasteiger partial charge in [0.2, 0.25) is 11.8 Å². The average Bonchev–Trinajstić information content (AvgIpc) is 3.19. The van der Waals surface area contributed by atoms with E-state index in [1.807, 2.05) is 13.8 Å². The molecule has 4 amide bonds. The fourth-order valence-electron chi connectivity index (χ4n) is 6.42. The van der Waals surface area contributed by atoms with Gasteiger partial charge in [0.1, 0.15) is 5.82 Å². The van der Waals surface area contributed by atoms with Crippen molar-refractivity contribution >= 4 is 17.8 Å². The minimum absolute atomic E-state index is 0.0362. The zero-order valence-electron chi connectivity index (χ0n) is 21.3. The molecule has 2 saturated heterocycles. The number of benzene rings is 1. The molecule has 0 bridgehead atoms. The Morgan fingerprint density at radius 2 is 1.86 bits per heavy atom. The molecule has 4 atom stereocenters. The minimum atomic E-state index is -0.624. The number of nitrogens with zero attached hydrogens (tertiary/aromatic N) is 3. The molecule has 2 N–H and O–H groups in total. The number of carbonyl (C=O) groups is 3. The molecule has 4 fully saturated rings. The van der Waals surface area contributed by atoms with Gasteiger partial charge in [-0.15, -0.1) is 0 Å². The van der Waals surface area contributed by atoms with Crippen LogP contribution in [0.25, 0.3) is 0 Å². The maximum atomic E-state index is 14.4. The predicted octanol–water partition coefficient (Wildman–Crippen LogP) is 3.58. The van der Waals surface area contributed by atoms with E-state index in [2.05, 4.69) is 10.7 Å². The quantitative estimate of drug-likeness (QED) is 0.627. The van der Waals surface area contributed by atoms with Gasteiger partial charge >= 0.3 is 6.03 Å². The van der Waals surface area contributed by atoms with Gasteiger partial charge in [-0.3, -0.25) is 19.5 Å². The van der Waals surface area contributed by atoms with E-state index in [1.165, 1.54) is 17.5 Å². The van der Waals surface area contributed by atoms with E-state index in [1.54, 1.807) is 28.0 Å². The van der Waals surface area contributed by atoms with Crippen LogP contribution in [-0.4, -0.2) is 57.6 Å². The van der Waals surface area contributed by atoms with Gasteiger partial charge in [0.05, 0.1) is 12.5 Å². The van der Waals surface area contributed by atoms with Crippen LogP contribution in [0.1, 0.15) is 70.8 Å². The highest BCUT2D eigenvalue weighted by Gasteiger charge is 2.56. The summed E-state index contributed by atoms with van der Waals surface area (Å²) >= 11 is 0. The topological polar surface area (TPSA) is 85.0 Å². The van der Waals surface area contributed by atoms with Crippen LogP contribution in [0.2, 0.25) is 0 Å². The van der Waals surface area contributed by atoms with Crippen molar-refractivity contribution in [1.82, 2.24) is 25.6 Å². The number of urea groups is 1. The highest BCUT2D eigenvalue weighted by molar-refractivity contribution is 5.87. The van der Waals surface area contributed by atoms with Gasteiger partial charge in [0, 0.05) is 30.1 Å². The van der Waals surface area contributed by atoms with Crippen molar-refractivity contribution in [3.63, 3.8) is 0 Å². The molecule has 2 heterocycles. The number of carbonyl (C=O) groups excluding carboxylic acids is 3. The number of hydrogen-bond donors (Lipinski definition) is 2. The number of rotatable bonds is 6. The molecule has 2 saturated carbocycles. The van der Waals surface area contributed by atoms with Crippen molar-refractivity contribution in [3.05, 3.63) is 35.6 Å². The standard InChI is InChI=1S/C27H38FN5O3/c1-17(2)15-31-25(35)21-13-12-18(24(34)29-20-9-4-3-5-10-20)14-23(21)33-26(31)30-32(27(33)36)16-19-8-6-7-11-22(19)28/h6-8,11,17-18,20-21,23,26,30H,3-5,9-10,12-16H2,1-2H3,(H,29,34). The van der Waals surface area contributed by atoms with E-state index >= 15 is 0 Å². The van der Waals surface area contributed by atoms with Crippen molar-refractivity contribution in [2.45, 2.75) is 90.1 Å². The first-order valence-corrected chi connectivity index (χ1v) is 13.5. The summed E-state index contributed by atoms with van der Waals surface area (Å²) < 4.78 is 14.4. The summed E-state index contributed by atoms with van der Waals surface area (Å²) in [6.07, 6.45) is 6.65. The smallest absolute Gasteiger partial charge is 0.337 e. The van der Waals surface area contributed by atoms with E-state index in [9.17, 15) is 18.8 Å². The molecule has 196 valence electrons. The lowest BCUT2D eigenvalue weighted by Gasteiger charge is -2.50. The molecule has 0 spiro atoms. The van der Waals surface area contributed by atoms with Crippen LogP contribution < -0.4 is 10.7 Å². The summed E-state index contributed by atoms with van der Waals surface area (Å²) in [5, 5.41) is 4.66. The van der Waals surface area contributed by atoms with Crippen LogP contribution >= 0.6 is 0 Å². The summed E-state index contributed by atoms with van der Waals surface area (Å²) in [4.78, 5) is 44.0. The molecule has 1 aromatic rings. The molecule has 4 aliphatic rings. The van der Waals surface area contributed by atoms with E-state index in [0.717, 1.165) is 25.7 Å². The van der Waals surface area contributed by atoms with Crippen LogP contribution in [-0.2, 0) is 16.1 Å². The fraction of sp³-hybridized carbons (Fsp3) is 0.667. The molecular weight excluding hydrogens is 461 g/mol. The molecule has 0 radical (unpaired) electrons. The average molecular weight is 500 g/mol. The maximum absolute atomic E-state index is 14.4. The molecule has 5 rings (SSSR count). The van der Waals surface area contributed by atoms with Crippen molar-refractivity contribution in [2.75, 3.05) is 6.54 Å². The fourth-order valence-corrected chi connectivity index (χ4v) is 6.42. The molecular formula is C27H38FN5O3. The first-order chi connectivity index (χ1) is 17.3. The monoisotopic (exact) mass is 499 g/mol. The first-order valence-electron chi connectivity index (χ1n) is 13.5. The van der Waals surface area contributed by atoms with Gasteiger partial charge in [-0.25, -0.2) is 9.18 Å². The molecule has 0 aromatic heterocycles. The van der Waals surface area contributed by atoms with Crippen molar-refractivity contribution in [2.24, 2.45) is 17.8 Å².